The molecule has 0 saturated heterocycles. The quantitative estimate of drug-likeness (QED) is 0.674. The summed E-state index contributed by atoms with van der Waals surface area (Å²) >= 11 is 0. The highest BCUT2D eigenvalue weighted by atomic mass is 28.4. The highest BCUT2D eigenvalue weighted by Crippen LogP contribution is 2.37. The van der Waals surface area contributed by atoms with Crippen LogP contribution in [0.5, 0.6) is 5.75 Å². The molecule has 0 amide bonds. The smallest absolute Gasteiger partial charge is 0.192 e. The van der Waals surface area contributed by atoms with Gasteiger partial charge in [-0.3, -0.25) is 4.98 Å². The van der Waals surface area contributed by atoms with Crippen LogP contribution in [0.25, 0.3) is 6.08 Å². The van der Waals surface area contributed by atoms with Crippen molar-refractivity contribution in [2.45, 2.75) is 65.3 Å². The van der Waals surface area contributed by atoms with E-state index in [-0.39, 0.29) is 5.04 Å². The van der Waals surface area contributed by atoms with E-state index in [0.29, 0.717) is 6.61 Å². The van der Waals surface area contributed by atoms with E-state index in [4.69, 9.17) is 9.16 Å². The molecule has 0 aliphatic carbocycles. The number of ether oxygens (including phenoxy) is 1. The Morgan fingerprint density at radius 1 is 1.23 bits per heavy atom. The Bertz CT molecular complexity index is 530. The van der Waals surface area contributed by atoms with Gasteiger partial charge in [-0.1, -0.05) is 27.4 Å². The molecule has 124 valence electrons. The lowest BCUT2D eigenvalue weighted by Crippen LogP contribution is -2.46. The number of rotatable bonds is 6. The summed E-state index contributed by atoms with van der Waals surface area (Å²) in [6, 6.07) is 1.98. The van der Waals surface area contributed by atoms with Crippen LogP contribution >= 0.6 is 0 Å². The summed E-state index contributed by atoms with van der Waals surface area (Å²) in [4.78, 5) is 4.32. The topological polar surface area (TPSA) is 31.4 Å². The second-order valence-corrected chi connectivity index (χ2v) is 12.8. The molecular formula is C18H31NO2Si. The minimum atomic E-state index is -1.77. The third-order valence-electron chi connectivity index (χ3n) is 4.27. The molecule has 1 heterocycles. The normalized spacial score (nSPS) is 13.1. The maximum absolute atomic E-state index is 6.29. The van der Waals surface area contributed by atoms with Crippen molar-refractivity contribution in [2.75, 3.05) is 6.61 Å². The first-order valence-corrected chi connectivity index (χ1v) is 10.7. The average Bonchev–Trinajstić information content (AvgIpc) is 2.37. The molecule has 0 fully saturated rings. The van der Waals surface area contributed by atoms with Crippen molar-refractivity contribution in [1.29, 1.82) is 0 Å². The van der Waals surface area contributed by atoms with Crippen LogP contribution < -0.4 is 4.74 Å². The number of aryl methyl sites for hydroxylation is 1. The molecule has 0 aliphatic rings. The molecule has 0 N–H and O–H groups in total. The van der Waals surface area contributed by atoms with Crippen LogP contribution in [0.3, 0.4) is 0 Å². The summed E-state index contributed by atoms with van der Waals surface area (Å²) in [6.07, 6.45) is 3.50. The van der Waals surface area contributed by atoms with E-state index in [1.807, 2.05) is 13.0 Å². The van der Waals surface area contributed by atoms with Crippen LogP contribution in [0.15, 0.2) is 18.8 Å². The van der Waals surface area contributed by atoms with Crippen molar-refractivity contribution < 1.29 is 9.16 Å². The molecule has 0 saturated carbocycles. The van der Waals surface area contributed by atoms with Gasteiger partial charge in [0.1, 0.15) is 11.4 Å². The molecule has 0 spiro atoms. The second-order valence-electron chi connectivity index (χ2n) is 7.99. The maximum Gasteiger partial charge on any atom is 0.192 e. The van der Waals surface area contributed by atoms with Gasteiger partial charge in [-0.2, -0.15) is 0 Å². The van der Waals surface area contributed by atoms with Crippen LogP contribution in [0.4, 0.5) is 0 Å². The highest BCUT2D eigenvalue weighted by molar-refractivity contribution is 6.74. The zero-order valence-electron chi connectivity index (χ0n) is 15.4. The van der Waals surface area contributed by atoms with E-state index in [1.54, 1.807) is 12.3 Å². The monoisotopic (exact) mass is 321 g/mol. The molecule has 0 atom stereocenters. The molecule has 0 radical (unpaired) electrons. The molecule has 4 heteroatoms. The zero-order valence-corrected chi connectivity index (χ0v) is 16.4. The minimum absolute atomic E-state index is 0.201. The van der Waals surface area contributed by atoms with Crippen LogP contribution in [0.1, 0.15) is 45.9 Å². The fourth-order valence-corrected chi connectivity index (χ4v) is 2.82. The molecule has 0 unspecified atom stereocenters. The Kier molecular flexibility index (Phi) is 5.63. The van der Waals surface area contributed by atoms with Gasteiger partial charge in [-0.05, 0) is 56.6 Å². The largest absolute Gasteiger partial charge is 0.484 e. The van der Waals surface area contributed by atoms with Gasteiger partial charge in [0.2, 0.25) is 0 Å². The lowest BCUT2D eigenvalue weighted by atomic mass is 10.1. The molecule has 3 nitrogen and oxygen atoms in total. The average molecular weight is 322 g/mol. The molecule has 22 heavy (non-hydrogen) atoms. The Hall–Kier alpha value is -1.13. The Balaban J connectivity index is 2.78. The summed E-state index contributed by atoms with van der Waals surface area (Å²) < 4.78 is 12.4. The fraction of sp³-hybridized carbons (Fsp3) is 0.611. The van der Waals surface area contributed by atoms with Crippen LogP contribution in [0.2, 0.25) is 18.1 Å². The Morgan fingerprint density at radius 2 is 1.82 bits per heavy atom. The summed E-state index contributed by atoms with van der Waals surface area (Å²) in [5.74, 6) is 0.800. The first-order valence-electron chi connectivity index (χ1n) is 7.80. The fourth-order valence-electron chi connectivity index (χ4n) is 1.68. The number of pyridine rings is 1. The number of hydrogen-bond donors (Lipinski definition) is 0. The molecule has 1 rings (SSSR count). The van der Waals surface area contributed by atoms with Crippen molar-refractivity contribution in [1.82, 2.24) is 4.98 Å². The predicted octanol–water partition coefficient (Wildman–Crippen LogP) is 5.21. The third kappa shape index (κ3) is 4.95. The van der Waals surface area contributed by atoms with Gasteiger partial charge in [0.05, 0.1) is 18.5 Å². The van der Waals surface area contributed by atoms with Crippen molar-refractivity contribution in [3.05, 3.63) is 30.1 Å². The van der Waals surface area contributed by atoms with Gasteiger partial charge < -0.3 is 9.16 Å². The van der Waals surface area contributed by atoms with Gasteiger partial charge in [-0.25, -0.2) is 0 Å². The molecule has 0 aliphatic heterocycles. The Morgan fingerprint density at radius 3 is 2.27 bits per heavy atom. The van der Waals surface area contributed by atoms with E-state index in [0.717, 1.165) is 17.0 Å². The zero-order chi connectivity index (χ0) is 17.2. The third-order valence-corrected chi connectivity index (χ3v) is 8.74. The second kappa shape index (κ2) is 6.55. The summed E-state index contributed by atoms with van der Waals surface area (Å²) in [5, 5.41) is 0.201. The molecule has 1 aromatic rings. The predicted molar refractivity (Wildman–Crippen MR) is 96.9 cm³/mol. The van der Waals surface area contributed by atoms with E-state index in [2.05, 4.69) is 59.3 Å². The van der Waals surface area contributed by atoms with Crippen LogP contribution in [-0.2, 0) is 4.43 Å². The van der Waals surface area contributed by atoms with Crippen molar-refractivity contribution in [3.8, 4) is 5.75 Å². The van der Waals surface area contributed by atoms with Gasteiger partial charge in [0, 0.05) is 0 Å². The maximum atomic E-state index is 6.29. The van der Waals surface area contributed by atoms with Crippen molar-refractivity contribution in [2.24, 2.45) is 0 Å². The lowest BCUT2D eigenvalue weighted by molar-refractivity contribution is 0.0452. The molecule has 1 aromatic heterocycles. The van der Waals surface area contributed by atoms with E-state index < -0.39 is 13.9 Å². The van der Waals surface area contributed by atoms with Crippen LogP contribution in [0, 0.1) is 6.92 Å². The molecule has 0 aromatic carbocycles. The standard InChI is InChI=1S/C18H31NO2Si/c1-10-15-11-14(2)16(12-19-15)21-18(6,7)13-20-22(8,9)17(3,4)5/h10-12H,1,13H2,2-9H3. The number of nitrogens with zero attached hydrogens (tertiary/aromatic N) is 1. The van der Waals surface area contributed by atoms with Crippen molar-refractivity contribution >= 4 is 14.4 Å². The summed E-state index contributed by atoms with van der Waals surface area (Å²) in [6.45, 7) is 21.7. The van der Waals surface area contributed by atoms with E-state index in [1.165, 1.54) is 0 Å². The van der Waals surface area contributed by atoms with E-state index >= 15 is 0 Å². The first kappa shape index (κ1) is 18.9. The van der Waals surface area contributed by atoms with Gasteiger partial charge in [-0.15, -0.1) is 0 Å². The summed E-state index contributed by atoms with van der Waals surface area (Å²) in [7, 11) is -1.77. The lowest BCUT2D eigenvalue weighted by Gasteiger charge is -2.39. The van der Waals surface area contributed by atoms with E-state index in [9.17, 15) is 0 Å². The molecule has 0 bridgehead atoms. The van der Waals surface area contributed by atoms with Gasteiger partial charge >= 0.3 is 0 Å². The minimum Gasteiger partial charge on any atom is -0.484 e. The van der Waals surface area contributed by atoms with Crippen molar-refractivity contribution in [3.63, 3.8) is 0 Å². The highest BCUT2D eigenvalue weighted by Gasteiger charge is 2.38. The molecular weight excluding hydrogens is 290 g/mol. The van der Waals surface area contributed by atoms with Crippen LogP contribution in [-0.4, -0.2) is 25.5 Å². The number of aromatic nitrogens is 1. The summed E-state index contributed by atoms with van der Waals surface area (Å²) in [5.41, 5.74) is 1.53. The Labute approximate surface area is 136 Å². The first-order chi connectivity index (χ1) is 9.88. The van der Waals surface area contributed by atoms with Gasteiger partial charge in [0.25, 0.3) is 0 Å². The van der Waals surface area contributed by atoms with Gasteiger partial charge in [0.15, 0.2) is 8.32 Å². The number of hydrogen-bond acceptors (Lipinski definition) is 3. The SMILES string of the molecule is C=Cc1cc(C)c(OC(C)(C)CO[Si](C)(C)C(C)(C)C)cn1.